The first-order chi connectivity index (χ1) is 10.8. The van der Waals surface area contributed by atoms with Crippen LogP contribution < -0.4 is 15.5 Å². The monoisotopic (exact) mass is 406 g/mol. The summed E-state index contributed by atoms with van der Waals surface area (Å²) in [6, 6.07) is 0.826. The second kappa shape index (κ2) is 10.0. The molecule has 0 bridgehead atoms. The molecule has 0 saturated carbocycles. The molecule has 0 aliphatic rings. The van der Waals surface area contributed by atoms with Gasteiger partial charge < -0.3 is 15.2 Å². The number of aliphatic hydroxyl groups is 1. The topological polar surface area (TPSA) is 108 Å². The number of benzene rings is 1. The van der Waals surface area contributed by atoms with Crippen LogP contribution in [0.2, 0.25) is 0 Å². The van der Waals surface area contributed by atoms with Gasteiger partial charge in [0.15, 0.2) is 11.6 Å². The number of carbonyl (C=O) groups is 2. The van der Waals surface area contributed by atoms with E-state index in [9.17, 15) is 19.1 Å². The molecule has 0 fully saturated rings. The summed E-state index contributed by atoms with van der Waals surface area (Å²) >= 11 is 3.09. The fourth-order valence-electron chi connectivity index (χ4n) is 1.67. The van der Waals surface area contributed by atoms with Crippen LogP contribution >= 0.6 is 15.9 Å². The van der Waals surface area contributed by atoms with Gasteiger partial charge in [0, 0.05) is 5.56 Å². The quantitative estimate of drug-likeness (QED) is 0.313. The SMILES string of the molecule is C.C=CCOc1c(F)cc(C(=O)N[C@H](C(=O)NO)[C@@H](C)O)cc1Br. The summed E-state index contributed by atoms with van der Waals surface area (Å²) in [5, 5.41) is 20.2. The van der Waals surface area contributed by atoms with Crippen LogP contribution in [0.15, 0.2) is 29.3 Å². The number of hydrogen-bond donors (Lipinski definition) is 4. The minimum atomic E-state index is -1.40. The van der Waals surface area contributed by atoms with E-state index in [1.165, 1.54) is 24.5 Å². The molecule has 1 aromatic rings. The molecule has 0 heterocycles. The fourth-order valence-corrected chi connectivity index (χ4v) is 2.22. The fraction of sp³-hybridized carbons (Fsp3) is 0.333. The van der Waals surface area contributed by atoms with Crippen LogP contribution in [-0.4, -0.2) is 40.9 Å². The van der Waals surface area contributed by atoms with Crippen molar-refractivity contribution in [3.63, 3.8) is 0 Å². The molecule has 7 nitrogen and oxygen atoms in total. The smallest absolute Gasteiger partial charge is 0.268 e. The number of amides is 2. The molecular formula is C15H20BrFN2O5. The van der Waals surface area contributed by atoms with Crippen molar-refractivity contribution in [2.45, 2.75) is 26.5 Å². The molecular weight excluding hydrogens is 387 g/mol. The van der Waals surface area contributed by atoms with Crippen LogP contribution in [0.25, 0.3) is 0 Å². The molecule has 0 unspecified atom stereocenters. The van der Waals surface area contributed by atoms with Crippen LogP contribution in [-0.2, 0) is 4.79 Å². The first-order valence-electron chi connectivity index (χ1n) is 6.47. The van der Waals surface area contributed by atoms with Gasteiger partial charge in [-0.3, -0.25) is 14.8 Å². The number of ether oxygens (including phenoxy) is 1. The van der Waals surface area contributed by atoms with E-state index in [1.807, 2.05) is 0 Å². The highest BCUT2D eigenvalue weighted by Crippen LogP contribution is 2.29. The molecule has 2 amide bonds. The van der Waals surface area contributed by atoms with Crippen LogP contribution in [0.5, 0.6) is 5.75 Å². The lowest BCUT2D eigenvalue weighted by Gasteiger charge is -2.19. The molecule has 1 rings (SSSR count). The van der Waals surface area contributed by atoms with Crippen molar-refractivity contribution in [3.05, 3.63) is 40.6 Å². The maximum absolute atomic E-state index is 14.0. The highest BCUT2D eigenvalue weighted by molar-refractivity contribution is 9.10. The summed E-state index contributed by atoms with van der Waals surface area (Å²) in [4.78, 5) is 23.5. The van der Waals surface area contributed by atoms with E-state index in [-0.39, 0.29) is 29.8 Å². The molecule has 0 saturated heterocycles. The molecule has 0 spiro atoms. The second-order valence-electron chi connectivity index (χ2n) is 4.54. The van der Waals surface area contributed by atoms with E-state index in [0.717, 1.165) is 6.07 Å². The lowest BCUT2D eigenvalue weighted by Crippen LogP contribution is -2.51. The lowest BCUT2D eigenvalue weighted by atomic mass is 10.1. The summed E-state index contributed by atoms with van der Waals surface area (Å²) in [6.07, 6.45) is 0.169. The van der Waals surface area contributed by atoms with Gasteiger partial charge in [0.25, 0.3) is 11.8 Å². The van der Waals surface area contributed by atoms with Gasteiger partial charge in [-0.1, -0.05) is 20.1 Å². The van der Waals surface area contributed by atoms with E-state index in [1.54, 1.807) is 0 Å². The summed E-state index contributed by atoms with van der Waals surface area (Å²) in [5.74, 6) is -2.68. The maximum Gasteiger partial charge on any atom is 0.268 e. The number of hydroxylamine groups is 1. The van der Waals surface area contributed by atoms with Gasteiger partial charge in [-0.05, 0) is 35.0 Å². The molecule has 1 aromatic carbocycles. The zero-order valence-corrected chi connectivity index (χ0v) is 13.8. The molecule has 134 valence electrons. The Bertz CT molecular complexity index is 587. The van der Waals surface area contributed by atoms with Gasteiger partial charge in [-0.25, -0.2) is 9.87 Å². The van der Waals surface area contributed by atoms with Gasteiger partial charge in [-0.2, -0.15) is 0 Å². The largest absolute Gasteiger partial charge is 0.485 e. The molecule has 0 aliphatic heterocycles. The Hall–Kier alpha value is -1.97. The molecule has 0 aromatic heterocycles. The summed E-state index contributed by atoms with van der Waals surface area (Å²) in [6.45, 7) is 4.78. The minimum Gasteiger partial charge on any atom is -0.485 e. The number of carbonyl (C=O) groups excluding carboxylic acids is 2. The molecule has 2 atom stereocenters. The van der Waals surface area contributed by atoms with Crippen molar-refractivity contribution in [3.8, 4) is 5.75 Å². The average Bonchev–Trinajstić information content (AvgIpc) is 2.50. The first kappa shape index (κ1) is 22.0. The third kappa shape index (κ3) is 5.59. The molecule has 0 radical (unpaired) electrons. The van der Waals surface area contributed by atoms with Gasteiger partial charge in [0.1, 0.15) is 12.6 Å². The second-order valence-corrected chi connectivity index (χ2v) is 5.39. The number of nitrogens with one attached hydrogen (secondary N) is 2. The standard InChI is InChI=1S/C14H16BrFN2O5.CH4/c1-3-4-23-12-9(15)5-8(6-10(12)16)13(20)17-11(7(2)19)14(21)18-22;/h3,5-7,11,19,22H,1,4H2,2H3,(H,17,20)(H,18,21);1H4/t7-,11+;/m1./s1. The molecule has 0 aliphatic carbocycles. The van der Waals surface area contributed by atoms with E-state index in [4.69, 9.17) is 9.94 Å². The Kier molecular flexibility index (Phi) is 9.19. The number of aliphatic hydroxyl groups excluding tert-OH is 1. The van der Waals surface area contributed by atoms with E-state index >= 15 is 0 Å². The van der Waals surface area contributed by atoms with E-state index in [2.05, 4.69) is 27.8 Å². The Balaban J connectivity index is 0.00000529. The zero-order chi connectivity index (χ0) is 17.6. The van der Waals surface area contributed by atoms with Crippen LogP contribution in [0.4, 0.5) is 4.39 Å². The number of hydrogen-bond acceptors (Lipinski definition) is 5. The predicted molar refractivity (Wildman–Crippen MR) is 89.4 cm³/mol. The Morgan fingerprint density at radius 2 is 2.12 bits per heavy atom. The van der Waals surface area contributed by atoms with E-state index < -0.39 is 29.8 Å². The van der Waals surface area contributed by atoms with Crippen molar-refractivity contribution in [2.24, 2.45) is 0 Å². The van der Waals surface area contributed by atoms with Crippen molar-refractivity contribution in [1.82, 2.24) is 10.8 Å². The van der Waals surface area contributed by atoms with Gasteiger partial charge >= 0.3 is 0 Å². The molecule has 9 heteroatoms. The third-order valence-electron chi connectivity index (χ3n) is 2.77. The summed E-state index contributed by atoms with van der Waals surface area (Å²) in [7, 11) is 0. The Labute approximate surface area is 147 Å². The first-order valence-corrected chi connectivity index (χ1v) is 7.26. The average molecular weight is 407 g/mol. The highest BCUT2D eigenvalue weighted by Gasteiger charge is 2.26. The van der Waals surface area contributed by atoms with Crippen LogP contribution in [0.1, 0.15) is 24.7 Å². The third-order valence-corrected chi connectivity index (χ3v) is 3.36. The van der Waals surface area contributed by atoms with Crippen molar-refractivity contribution >= 4 is 27.7 Å². The summed E-state index contributed by atoms with van der Waals surface area (Å²) in [5.41, 5.74) is 1.23. The van der Waals surface area contributed by atoms with Gasteiger partial charge in [0.05, 0.1) is 10.6 Å². The van der Waals surface area contributed by atoms with Gasteiger partial charge in [0.2, 0.25) is 0 Å². The van der Waals surface area contributed by atoms with Gasteiger partial charge in [-0.15, -0.1) is 0 Å². The minimum absolute atomic E-state index is 0. The predicted octanol–water partition coefficient (Wildman–Crippen LogP) is 1.77. The normalized spacial score (nSPS) is 12.4. The van der Waals surface area contributed by atoms with E-state index in [0.29, 0.717) is 0 Å². The van der Waals surface area contributed by atoms with Crippen molar-refractivity contribution in [2.75, 3.05) is 6.61 Å². The van der Waals surface area contributed by atoms with Crippen molar-refractivity contribution < 1.29 is 29.0 Å². The maximum atomic E-state index is 14.0. The lowest BCUT2D eigenvalue weighted by molar-refractivity contribution is -0.133. The zero-order valence-electron chi connectivity index (χ0n) is 12.2. The van der Waals surface area contributed by atoms with Crippen LogP contribution in [0, 0.1) is 5.82 Å². The highest BCUT2D eigenvalue weighted by atomic mass is 79.9. The Morgan fingerprint density at radius 1 is 1.50 bits per heavy atom. The van der Waals surface area contributed by atoms with Crippen molar-refractivity contribution in [1.29, 1.82) is 0 Å². The molecule has 24 heavy (non-hydrogen) atoms. The number of rotatable bonds is 7. The number of halogens is 2. The van der Waals surface area contributed by atoms with Crippen LogP contribution in [0.3, 0.4) is 0 Å². The summed E-state index contributed by atoms with van der Waals surface area (Å²) < 4.78 is 19.3. The Morgan fingerprint density at radius 3 is 2.58 bits per heavy atom. The molecule has 4 N–H and O–H groups in total.